The monoisotopic (exact) mass is 1270 g/mol. The Kier molecular flexibility index (Phi) is 78.8. The number of carbonyl (C=O) groups excluding carboxylic acids is 2. The molecule has 2 unspecified atom stereocenters. The Morgan fingerprint density at radius 3 is 0.789 bits per heavy atom. The second-order valence-corrected chi connectivity index (χ2v) is 29.2. The first-order valence-electron chi connectivity index (χ1n) is 41.9. The summed E-state index contributed by atoms with van der Waals surface area (Å²) >= 11 is 0. The number of unbranched alkanes of at least 4 members (excludes halogenated alkanes) is 67. The van der Waals surface area contributed by atoms with Gasteiger partial charge in [-0.05, 0) is 51.4 Å². The maximum atomic E-state index is 12.5. The van der Waals surface area contributed by atoms with Crippen molar-refractivity contribution in [3.8, 4) is 0 Å². The number of aliphatic hydroxyl groups is 2. The lowest BCUT2D eigenvalue weighted by molar-refractivity contribution is -0.143. The molecule has 2 atom stereocenters. The Balaban J connectivity index is 3.29. The molecule has 0 aromatic carbocycles. The molecule has 0 bridgehead atoms. The maximum absolute atomic E-state index is 12.5. The Morgan fingerprint density at radius 1 is 0.300 bits per heavy atom. The minimum absolute atomic E-state index is 0.0265. The van der Waals surface area contributed by atoms with Crippen LogP contribution in [-0.4, -0.2) is 47.4 Å². The summed E-state index contributed by atoms with van der Waals surface area (Å²) < 4.78 is 5.53. The van der Waals surface area contributed by atoms with E-state index in [0.29, 0.717) is 25.9 Å². The first kappa shape index (κ1) is 88.6. The van der Waals surface area contributed by atoms with Crippen LogP contribution in [0.15, 0.2) is 12.2 Å². The fourth-order valence-electron chi connectivity index (χ4n) is 13.7. The summed E-state index contributed by atoms with van der Waals surface area (Å²) in [5, 5.41) is 23.4. The zero-order chi connectivity index (χ0) is 64.9. The predicted molar refractivity (Wildman–Crippen MR) is 398 cm³/mol. The number of carbonyl (C=O) groups is 2. The van der Waals surface area contributed by atoms with E-state index >= 15 is 0 Å². The molecule has 0 rings (SSSR count). The molecule has 1 amide bonds. The van der Waals surface area contributed by atoms with Crippen molar-refractivity contribution in [1.29, 1.82) is 0 Å². The minimum atomic E-state index is -0.660. The molecule has 0 aromatic rings. The SMILES string of the molecule is CCCCCCCCCCCCCCCCCCCCCC(=O)OCCCCCCCCCCCCCCCCCCCC/C=C\CCCCCCCCCCCCCCCCCCCC(=O)NC(CO)C(O)CCCCCCCCCCCCCCCCC. The Bertz CT molecular complexity index is 1370. The van der Waals surface area contributed by atoms with Crippen LogP contribution in [0.3, 0.4) is 0 Å². The van der Waals surface area contributed by atoms with Gasteiger partial charge in [-0.1, -0.05) is 437 Å². The highest BCUT2D eigenvalue weighted by molar-refractivity contribution is 5.76. The van der Waals surface area contributed by atoms with Crippen molar-refractivity contribution in [2.75, 3.05) is 13.2 Å². The van der Waals surface area contributed by atoms with Gasteiger partial charge in [-0.15, -0.1) is 0 Å². The van der Waals surface area contributed by atoms with Crippen molar-refractivity contribution >= 4 is 11.9 Å². The van der Waals surface area contributed by atoms with Gasteiger partial charge in [0.2, 0.25) is 5.91 Å². The van der Waals surface area contributed by atoms with Crippen molar-refractivity contribution in [3.63, 3.8) is 0 Å². The summed E-state index contributed by atoms with van der Waals surface area (Å²) in [7, 11) is 0. The molecule has 0 fully saturated rings. The molecule has 6 nitrogen and oxygen atoms in total. The molecule has 0 radical (unpaired) electrons. The summed E-state index contributed by atoms with van der Waals surface area (Å²) in [6.45, 7) is 5.02. The smallest absolute Gasteiger partial charge is 0.305 e. The van der Waals surface area contributed by atoms with Crippen LogP contribution in [0.5, 0.6) is 0 Å². The molecule has 3 N–H and O–H groups in total. The van der Waals surface area contributed by atoms with E-state index in [0.717, 1.165) is 38.5 Å². The second kappa shape index (κ2) is 80.0. The predicted octanol–water partition coefficient (Wildman–Crippen LogP) is 27.8. The van der Waals surface area contributed by atoms with Crippen LogP contribution in [0.1, 0.15) is 489 Å². The lowest BCUT2D eigenvalue weighted by Gasteiger charge is -2.22. The van der Waals surface area contributed by atoms with E-state index in [4.69, 9.17) is 4.74 Å². The average molecular weight is 1270 g/mol. The highest BCUT2D eigenvalue weighted by Crippen LogP contribution is 2.21. The third-order valence-corrected chi connectivity index (χ3v) is 20.1. The van der Waals surface area contributed by atoms with E-state index in [1.165, 1.54) is 417 Å². The average Bonchev–Trinajstić information content (AvgIpc) is 3.68. The fraction of sp³-hybridized carbons (Fsp3) is 0.952. The second-order valence-electron chi connectivity index (χ2n) is 29.2. The molecular weight excluding hydrogens is 1100 g/mol. The summed E-state index contributed by atoms with van der Waals surface area (Å²) in [6, 6.07) is -0.537. The first-order chi connectivity index (χ1) is 44.5. The van der Waals surface area contributed by atoms with Crippen molar-refractivity contribution in [2.24, 2.45) is 0 Å². The van der Waals surface area contributed by atoms with Gasteiger partial charge in [0.1, 0.15) is 0 Å². The Labute approximate surface area is 565 Å². The van der Waals surface area contributed by atoms with E-state index in [1.807, 2.05) is 0 Å². The van der Waals surface area contributed by atoms with E-state index < -0.39 is 12.1 Å². The molecule has 536 valence electrons. The van der Waals surface area contributed by atoms with E-state index in [9.17, 15) is 19.8 Å². The lowest BCUT2D eigenvalue weighted by atomic mass is 10.0. The maximum Gasteiger partial charge on any atom is 0.305 e. The van der Waals surface area contributed by atoms with Gasteiger partial charge < -0.3 is 20.3 Å². The number of allylic oxidation sites excluding steroid dienone is 2. The zero-order valence-corrected chi connectivity index (χ0v) is 61.7. The standard InChI is InChI=1S/C84H165NO5/c1-3-5-7-9-11-13-15-17-19-20-42-46-50-54-58-62-66-70-74-78-84(89)90-79-75-71-67-63-59-55-51-47-44-41-39-37-35-33-31-29-27-25-23-21-22-24-26-28-30-32-34-36-38-40-43-45-49-53-57-61-65-69-73-77-83(88)85-81(80-86)82(87)76-72-68-64-60-56-52-48-18-16-14-12-10-8-6-4-2/h21-22,81-82,86-87H,3-20,23-80H2,1-2H3,(H,85,88)/b22-21-. The zero-order valence-electron chi connectivity index (χ0n) is 61.7. The van der Waals surface area contributed by atoms with Gasteiger partial charge in [0.25, 0.3) is 0 Å². The van der Waals surface area contributed by atoms with Gasteiger partial charge in [-0.2, -0.15) is 0 Å². The molecule has 0 spiro atoms. The summed E-state index contributed by atoms with van der Waals surface area (Å²) in [5.41, 5.74) is 0. The van der Waals surface area contributed by atoms with Crippen molar-refractivity contribution < 1.29 is 24.5 Å². The molecule has 0 saturated heterocycles. The molecular formula is C84H165NO5. The summed E-state index contributed by atoms with van der Waals surface area (Å²) in [5.74, 6) is 0.00209. The first-order valence-corrected chi connectivity index (χ1v) is 41.9. The van der Waals surface area contributed by atoms with Crippen LogP contribution < -0.4 is 5.32 Å². The third-order valence-electron chi connectivity index (χ3n) is 20.1. The number of ether oxygens (including phenoxy) is 1. The number of rotatable bonds is 80. The van der Waals surface area contributed by atoms with Gasteiger partial charge in [0.05, 0.1) is 25.4 Å². The highest BCUT2D eigenvalue weighted by atomic mass is 16.5. The van der Waals surface area contributed by atoms with E-state index in [1.54, 1.807) is 0 Å². The Morgan fingerprint density at radius 2 is 0.522 bits per heavy atom. The van der Waals surface area contributed by atoms with E-state index in [2.05, 4.69) is 31.3 Å². The summed E-state index contributed by atoms with van der Waals surface area (Å²) in [4.78, 5) is 24.7. The quantitative estimate of drug-likeness (QED) is 0.0320. The van der Waals surface area contributed by atoms with Crippen LogP contribution in [0.2, 0.25) is 0 Å². The van der Waals surface area contributed by atoms with Gasteiger partial charge >= 0.3 is 5.97 Å². The number of amides is 1. The molecule has 0 aromatic heterocycles. The van der Waals surface area contributed by atoms with Crippen molar-refractivity contribution in [3.05, 3.63) is 12.2 Å². The fourth-order valence-corrected chi connectivity index (χ4v) is 13.7. The van der Waals surface area contributed by atoms with E-state index in [-0.39, 0.29) is 18.5 Å². The van der Waals surface area contributed by atoms with Crippen molar-refractivity contribution in [2.45, 2.75) is 501 Å². The van der Waals surface area contributed by atoms with Gasteiger partial charge in [-0.3, -0.25) is 9.59 Å². The third kappa shape index (κ3) is 75.6. The molecule has 0 aliphatic rings. The van der Waals surface area contributed by atoms with Crippen LogP contribution in [0.4, 0.5) is 0 Å². The summed E-state index contributed by atoms with van der Waals surface area (Å²) in [6.07, 6.45) is 102. The molecule has 0 saturated carbocycles. The molecule has 0 heterocycles. The normalized spacial score (nSPS) is 12.4. The molecule has 0 aliphatic carbocycles. The number of aliphatic hydroxyl groups excluding tert-OH is 2. The Hall–Kier alpha value is -1.40. The van der Waals surface area contributed by atoms with Gasteiger partial charge in [-0.25, -0.2) is 0 Å². The lowest BCUT2D eigenvalue weighted by Crippen LogP contribution is -2.45. The van der Waals surface area contributed by atoms with Gasteiger partial charge in [0.15, 0.2) is 0 Å². The number of esters is 1. The molecule has 6 heteroatoms. The topological polar surface area (TPSA) is 95.9 Å². The highest BCUT2D eigenvalue weighted by Gasteiger charge is 2.20. The minimum Gasteiger partial charge on any atom is -0.466 e. The molecule has 0 aliphatic heterocycles. The van der Waals surface area contributed by atoms with Crippen LogP contribution in [-0.2, 0) is 14.3 Å². The van der Waals surface area contributed by atoms with Crippen LogP contribution in [0.25, 0.3) is 0 Å². The molecule has 90 heavy (non-hydrogen) atoms. The van der Waals surface area contributed by atoms with Gasteiger partial charge in [0, 0.05) is 12.8 Å². The number of nitrogens with one attached hydrogen (secondary N) is 1. The van der Waals surface area contributed by atoms with Crippen LogP contribution >= 0.6 is 0 Å². The largest absolute Gasteiger partial charge is 0.466 e. The van der Waals surface area contributed by atoms with Crippen molar-refractivity contribution in [1.82, 2.24) is 5.32 Å². The number of hydrogen-bond donors (Lipinski definition) is 3. The number of hydrogen-bond acceptors (Lipinski definition) is 5. The van der Waals surface area contributed by atoms with Crippen LogP contribution in [0, 0.1) is 0 Å².